The Labute approximate surface area is 247 Å². The molecule has 0 spiro atoms. The molecule has 2 fully saturated rings. The van der Waals surface area contributed by atoms with E-state index in [1.165, 1.54) is 24.0 Å². The lowest BCUT2D eigenvalue weighted by atomic mass is 9.96. The van der Waals surface area contributed by atoms with Crippen molar-refractivity contribution in [2.24, 2.45) is 5.92 Å². The molecule has 3 aromatic heterocycles. The number of aromatic nitrogens is 3. The lowest BCUT2D eigenvalue weighted by Crippen LogP contribution is -2.33. The molecule has 40 heavy (non-hydrogen) atoms. The second-order valence-electron chi connectivity index (χ2n) is 11.2. The predicted molar refractivity (Wildman–Crippen MR) is 168 cm³/mol. The number of nitrogens with zero attached hydrogens (tertiary/aromatic N) is 5. The number of hydrogen-bond donors (Lipinski definition) is 1. The van der Waals surface area contributed by atoms with E-state index in [1.54, 1.807) is 0 Å². The van der Waals surface area contributed by atoms with Gasteiger partial charge in [0.1, 0.15) is 5.82 Å². The van der Waals surface area contributed by atoms with Crippen molar-refractivity contribution in [1.29, 1.82) is 0 Å². The Bertz CT molecular complexity index is 1540. The zero-order chi connectivity index (χ0) is 28.0. The second kappa shape index (κ2) is 10.9. The molecule has 2 aliphatic heterocycles. The predicted octanol–water partition coefficient (Wildman–Crippen LogP) is 7.26. The van der Waals surface area contributed by atoms with E-state index >= 15 is 0 Å². The number of piperidine rings is 1. The number of hydrogen-bond acceptors (Lipinski definition) is 4. The molecular formula is C32H35ClN6S. The van der Waals surface area contributed by atoms with Crippen molar-refractivity contribution in [2.75, 3.05) is 22.9 Å². The normalized spacial score (nSPS) is 19.8. The number of aryl methyl sites for hydroxylation is 2. The topological polar surface area (TPSA) is 49.2 Å². The number of nitrogens with one attached hydrogen (secondary N) is 1. The van der Waals surface area contributed by atoms with E-state index < -0.39 is 0 Å². The average molecular weight is 571 g/mol. The van der Waals surface area contributed by atoms with Gasteiger partial charge in [-0.3, -0.25) is 4.98 Å². The van der Waals surface area contributed by atoms with Crippen LogP contribution in [-0.2, 0) is 0 Å². The first-order valence-corrected chi connectivity index (χ1v) is 14.8. The fourth-order valence-corrected chi connectivity index (χ4v) is 6.82. The Kier molecular flexibility index (Phi) is 7.27. The van der Waals surface area contributed by atoms with Crippen LogP contribution in [0.25, 0.3) is 5.82 Å². The Morgan fingerprint density at radius 2 is 1.75 bits per heavy atom. The summed E-state index contributed by atoms with van der Waals surface area (Å²) in [5.41, 5.74) is 7.61. The summed E-state index contributed by atoms with van der Waals surface area (Å²) in [7, 11) is 0. The van der Waals surface area contributed by atoms with Gasteiger partial charge in [-0.1, -0.05) is 24.6 Å². The van der Waals surface area contributed by atoms with Gasteiger partial charge in [0.2, 0.25) is 0 Å². The first kappa shape index (κ1) is 26.8. The molecule has 6 nitrogen and oxygen atoms in total. The van der Waals surface area contributed by atoms with Crippen LogP contribution >= 0.6 is 23.8 Å². The van der Waals surface area contributed by atoms with Crippen molar-refractivity contribution >= 4 is 40.3 Å². The molecule has 0 bridgehead atoms. The molecule has 6 rings (SSSR count). The molecule has 206 valence electrons. The molecule has 0 unspecified atom stereocenters. The van der Waals surface area contributed by atoms with Crippen molar-refractivity contribution in [1.82, 2.24) is 19.9 Å². The first-order valence-electron chi connectivity index (χ1n) is 14.0. The highest BCUT2D eigenvalue weighted by Crippen LogP contribution is 2.45. The molecular weight excluding hydrogens is 536 g/mol. The maximum Gasteiger partial charge on any atom is 0.174 e. The highest BCUT2D eigenvalue weighted by atomic mass is 35.5. The monoisotopic (exact) mass is 570 g/mol. The highest BCUT2D eigenvalue weighted by Gasteiger charge is 2.42. The standard InChI is InChI=1S/C32H35ClN6S/c1-20-11-15-37(16-12-20)28-9-8-24(19-26(28)33)39-31(30(36-32(39)40)27-7-5-6-13-34-27)25-18-22(3)38(23(25)4)29-17-21(2)10-14-35-29/h5-10,13-14,17-20,30-31H,11-12,15-16H2,1-4H3,(H,36,40)/t30-,31+/m0/s1. The fourth-order valence-electron chi connectivity index (χ4n) is 6.18. The van der Waals surface area contributed by atoms with Gasteiger partial charge in [0.25, 0.3) is 0 Å². The number of anilines is 2. The minimum atomic E-state index is -0.129. The van der Waals surface area contributed by atoms with Crippen LogP contribution in [0.1, 0.15) is 60.1 Å². The quantitative estimate of drug-likeness (QED) is 0.255. The maximum absolute atomic E-state index is 6.97. The third kappa shape index (κ3) is 4.86. The molecule has 2 aliphatic rings. The molecule has 1 aromatic carbocycles. The van der Waals surface area contributed by atoms with Crippen LogP contribution in [0.2, 0.25) is 5.02 Å². The fraction of sp³-hybridized carbons (Fsp3) is 0.344. The van der Waals surface area contributed by atoms with Gasteiger partial charge in [-0.15, -0.1) is 0 Å². The molecule has 8 heteroatoms. The minimum Gasteiger partial charge on any atom is -0.370 e. The summed E-state index contributed by atoms with van der Waals surface area (Å²) in [5, 5.41) is 5.01. The second-order valence-corrected chi connectivity index (χ2v) is 11.9. The minimum absolute atomic E-state index is 0.120. The molecule has 4 aromatic rings. The Balaban J connectivity index is 1.44. The van der Waals surface area contributed by atoms with E-state index in [1.807, 2.05) is 30.6 Å². The molecule has 2 saturated heterocycles. The Morgan fingerprint density at radius 1 is 0.950 bits per heavy atom. The Hall–Kier alpha value is -3.42. The number of pyridine rings is 2. The van der Waals surface area contributed by atoms with Gasteiger partial charge in [0, 0.05) is 42.6 Å². The lowest BCUT2D eigenvalue weighted by Gasteiger charge is -2.33. The Morgan fingerprint density at radius 3 is 2.45 bits per heavy atom. The molecule has 1 N–H and O–H groups in total. The van der Waals surface area contributed by atoms with E-state index in [-0.39, 0.29) is 12.1 Å². The number of benzene rings is 1. The lowest BCUT2D eigenvalue weighted by molar-refractivity contribution is 0.438. The van der Waals surface area contributed by atoms with E-state index in [2.05, 4.69) is 88.8 Å². The molecule has 2 atom stereocenters. The third-order valence-electron chi connectivity index (χ3n) is 8.35. The number of rotatable bonds is 5. The summed E-state index contributed by atoms with van der Waals surface area (Å²) in [5.74, 6) is 1.68. The van der Waals surface area contributed by atoms with Crippen molar-refractivity contribution < 1.29 is 0 Å². The molecule has 5 heterocycles. The van der Waals surface area contributed by atoms with Crippen LogP contribution in [0, 0.1) is 26.7 Å². The van der Waals surface area contributed by atoms with Crippen LogP contribution in [0.5, 0.6) is 0 Å². The summed E-state index contributed by atoms with van der Waals surface area (Å²) < 4.78 is 2.23. The first-order chi connectivity index (χ1) is 19.3. The van der Waals surface area contributed by atoms with Crippen molar-refractivity contribution in [3.63, 3.8) is 0 Å². The van der Waals surface area contributed by atoms with Gasteiger partial charge in [0.05, 0.1) is 28.5 Å². The van der Waals surface area contributed by atoms with E-state index in [0.29, 0.717) is 5.11 Å². The summed E-state index contributed by atoms with van der Waals surface area (Å²) in [6.07, 6.45) is 6.09. The van der Waals surface area contributed by atoms with E-state index in [9.17, 15) is 0 Å². The summed E-state index contributed by atoms with van der Waals surface area (Å²) in [4.78, 5) is 14.0. The SMILES string of the molecule is Cc1ccnc(-n2c(C)cc([C@@H]3[C@H](c4ccccn4)NC(=S)N3c3ccc(N4CCC(C)CC4)c(Cl)c3)c2C)c1. The van der Waals surface area contributed by atoms with Gasteiger partial charge in [-0.2, -0.15) is 0 Å². The zero-order valence-electron chi connectivity index (χ0n) is 23.4. The van der Waals surface area contributed by atoms with Crippen molar-refractivity contribution in [3.8, 4) is 5.82 Å². The van der Waals surface area contributed by atoms with Gasteiger partial charge in [0.15, 0.2) is 5.11 Å². The summed E-state index contributed by atoms with van der Waals surface area (Å²) >= 11 is 13.0. The summed E-state index contributed by atoms with van der Waals surface area (Å²) in [6, 6.07) is 18.6. The van der Waals surface area contributed by atoms with Gasteiger partial charge < -0.3 is 19.7 Å². The molecule has 0 amide bonds. The highest BCUT2D eigenvalue weighted by molar-refractivity contribution is 7.80. The average Bonchev–Trinajstić information content (AvgIpc) is 3.44. The number of thiocarbonyl (C=S) groups is 1. The van der Waals surface area contributed by atoms with Crippen LogP contribution < -0.4 is 15.1 Å². The molecule has 0 radical (unpaired) electrons. The van der Waals surface area contributed by atoms with Crippen LogP contribution in [0.3, 0.4) is 0 Å². The largest absolute Gasteiger partial charge is 0.370 e. The van der Waals surface area contributed by atoms with Gasteiger partial charge in [-0.05, 0) is 111 Å². The van der Waals surface area contributed by atoms with Crippen LogP contribution in [0.15, 0.2) is 67.0 Å². The molecule has 0 aliphatic carbocycles. The van der Waals surface area contributed by atoms with Crippen molar-refractivity contribution in [3.05, 3.63) is 100 Å². The van der Waals surface area contributed by atoms with Gasteiger partial charge in [-0.25, -0.2) is 4.98 Å². The smallest absolute Gasteiger partial charge is 0.174 e. The van der Waals surface area contributed by atoms with E-state index in [4.69, 9.17) is 28.8 Å². The van der Waals surface area contributed by atoms with Crippen LogP contribution in [-0.4, -0.2) is 32.7 Å². The van der Waals surface area contributed by atoms with Gasteiger partial charge >= 0.3 is 0 Å². The molecule has 0 saturated carbocycles. The zero-order valence-corrected chi connectivity index (χ0v) is 25.0. The van der Waals surface area contributed by atoms with Crippen molar-refractivity contribution in [2.45, 2.75) is 52.6 Å². The summed E-state index contributed by atoms with van der Waals surface area (Å²) in [6.45, 7) is 10.8. The maximum atomic E-state index is 6.97. The van der Waals surface area contributed by atoms with Crippen LogP contribution in [0.4, 0.5) is 11.4 Å². The van der Waals surface area contributed by atoms with E-state index in [0.717, 1.165) is 58.3 Å². The number of halogens is 1. The third-order valence-corrected chi connectivity index (χ3v) is 8.97.